The van der Waals surface area contributed by atoms with Crippen LogP contribution in [0.25, 0.3) is 11.3 Å². The summed E-state index contributed by atoms with van der Waals surface area (Å²) in [4.78, 5) is 34.6. The number of nitrogens with zero attached hydrogens (tertiary/aromatic N) is 4. The van der Waals surface area contributed by atoms with Gasteiger partial charge in [-0.25, -0.2) is 0 Å². The number of nitrogens with one attached hydrogen (secondary N) is 3. The molecule has 1 aliphatic rings. The molecule has 0 bridgehead atoms. The van der Waals surface area contributed by atoms with Crippen molar-refractivity contribution in [2.24, 2.45) is 0 Å². The fourth-order valence-electron chi connectivity index (χ4n) is 3.45. The summed E-state index contributed by atoms with van der Waals surface area (Å²) in [6, 6.07) is 7.74. The molecule has 32 heavy (non-hydrogen) atoms. The normalized spacial score (nSPS) is 15.9. The Bertz CT molecular complexity index is 1130. The molecule has 2 aromatic heterocycles. The number of hydrogen-bond acceptors (Lipinski definition) is 8. The molecule has 0 saturated carbocycles. The molecular weight excluding hydrogens is 489 g/mol. The van der Waals surface area contributed by atoms with Gasteiger partial charge in [0.15, 0.2) is 0 Å². The number of hydrogen-bond donors (Lipinski definition) is 3. The predicted octanol–water partition coefficient (Wildman–Crippen LogP) is 0.509. The van der Waals surface area contributed by atoms with Crippen LogP contribution in [0.5, 0.6) is 0 Å². The van der Waals surface area contributed by atoms with Gasteiger partial charge in [0.05, 0.1) is 0 Å². The first-order chi connectivity index (χ1) is 15.5. The van der Waals surface area contributed by atoms with E-state index in [1.807, 2.05) is 24.3 Å². The van der Waals surface area contributed by atoms with Gasteiger partial charge < -0.3 is 0 Å². The molecule has 164 valence electrons. The van der Waals surface area contributed by atoms with Gasteiger partial charge in [0.1, 0.15) is 0 Å². The molecule has 0 unspecified atom stereocenters. The van der Waals surface area contributed by atoms with Crippen LogP contribution in [0.2, 0.25) is 0 Å². The number of aryl methyl sites for hydroxylation is 1. The van der Waals surface area contributed by atoms with Crippen molar-refractivity contribution < 1.29 is 9.59 Å². The van der Waals surface area contributed by atoms with Crippen molar-refractivity contribution >= 4 is 44.7 Å². The van der Waals surface area contributed by atoms with Crippen LogP contribution < -0.4 is 20.4 Å². The maximum absolute atomic E-state index is 12.8. The Labute approximate surface area is 198 Å². The standard InChI is InChI=1S/C21H22AsN7O2S/c1-12-18(32-29-28-12)21(31)25-9-13-4-2-5-14(8-13)16-11-24-19(22)17(27-16)20(30)26-15-6-3-7-23-10-15/h2,4-5,8,11,15,23H,3,6-7,9-10H2,1H3,(H,25,31)(H,26,30)/t15-/m0/s1. The van der Waals surface area contributed by atoms with Crippen molar-refractivity contribution in [3.05, 3.63) is 52.3 Å². The predicted molar refractivity (Wildman–Crippen MR) is 122 cm³/mol. The summed E-state index contributed by atoms with van der Waals surface area (Å²) in [5, 5.41) is 13.1. The second kappa shape index (κ2) is 10.3. The Hall–Kier alpha value is -2.68. The van der Waals surface area contributed by atoms with Gasteiger partial charge in [0, 0.05) is 0 Å². The van der Waals surface area contributed by atoms with Gasteiger partial charge in [0.2, 0.25) is 0 Å². The summed E-state index contributed by atoms with van der Waals surface area (Å²) in [6.07, 6.45) is 3.63. The maximum atomic E-state index is 12.8. The zero-order valence-electron chi connectivity index (χ0n) is 17.5. The van der Waals surface area contributed by atoms with Crippen LogP contribution in [-0.2, 0) is 6.54 Å². The summed E-state index contributed by atoms with van der Waals surface area (Å²) < 4.78 is 4.32. The van der Waals surface area contributed by atoms with E-state index in [-0.39, 0.29) is 17.9 Å². The zero-order valence-corrected chi connectivity index (χ0v) is 20.2. The molecule has 9 nitrogen and oxygen atoms in total. The molecule has 2 amide bonds. The monoisotopic (exact) mass is 511 g/mol. The van der Waals surface area contributed by atoms with Crippen LogP contribution in [0.15, 0.2) is 30.5 Å². The third-order valence-corrected chi connectivity index (χ3v) is 6.65. The first-order valence-corrected chi connectivity index (χ1v) is 12.0. The molecule has 11 heteroatoms. The summed E-state index contributed by atoms with van der Waals surface area (Å²) in [7, 11) is 0. The van der Waals surface area contributed by atoms with E-state index in [0.29, 0.717) is 33.0 Å². The van der Waals surface area contributed by atoms with E-state index in [9.17, 15) is 9.59 Å². The molecule has 3 N–H and O–H groups in total. The average Bonchev–Trinajstić information content (AvgIpc) is 3.24. The fraction of sp³-hybridized carbons (Fsp3) is 0.333. The van der Waals surface area contributed by atoms with Gasteiger partial charge in [-0.05, 0) is 6.92 Å². The van der Waals surface area contributed by atoms with E-state index in [0.717, 1.165) is 48.6 Å². The second-order valence-electron chi connectivity index (χ2n) is 7.51. The molecule has 1 aliphatic heterocycles. The third-order valence-electron chi connectivity index (χ3n) is 5.13. The molecule has 1 atom stereocenters. The Morgan fingerprint density at radius 3 is 2.94 bits per heavy atom. The molecule has 4 rings (SSSR count). The minimum atomic E-state index is -0.222. The quantitative estimate of drug-likeness (QED) is 0.413. The van der Waals surface area contributed by atoms with Crippen molar-refractivity contribution in [3.8, 4) is 11.3 Å². The molecule has 0 spiro atoms. The molecule has 0 aliphatic carbocycles. The van der Waals surface area contributed by atoms with Crippen molar-refractivity contribution in [2.45, 2.75) is 32.4 Å². The first kappa shape index (κ1) is 22.5. The number of piperidine rings is 1. The van der Waals surface area contributed by atoms with Gasteiger partial charge in [-0.15, -0.1) is 5.10 Å². The number of amides is 2. The van der Waals surface area contributed by atoms with Crippen molar-refractivity contribution in [1.82, 2.24) is 35.5 Å². The van der Waals surface area contributed by atoms with Gasteiger partial charge in [-0.1, -0.05) is 4.49 Å². The van der Waals surface area contributed by atoms with E-state index in [1.165, 1.54) is 0 Å². The minimum absolute atomic E-state index is 0.0953. The zero-order chi connectivity index (χ0) is 22.5. The van der Waals surface area contributed by atoms with Crippen molar-refractivity contribution in [3.63, 3.8) is 0 Å². The van der Waals surface area contributed by atoms with Crippen LogP contribution in [0, 0.1) is 6.92 Å². The first-order valence-electron chi connectivity index (χ1n) is 10.3. The van der Waals surface area contributed by atoms with Gasteiger partial charge in [-0.2, -0.15) is 0 Å². The van der Waals surface area contributed by atoms with Gasteiger partial charge in [0.25, 0.3) is 0 Å². The second-order valence-corrected chi connectivity index (χ2v) is 9.16. The summed E-state index contributed by atoms with van der Waals surface area (Å²) >= 11 is 3.38. The molecular formula is C21H22AsN7O2S. The number of rotatable bonds is 6. The third kappa shape index (κ3) is 5.38. The van der Waals surface area contributed by atoms with Gasteiger partial charge >= 0.3 is 182 Å². The van der Waals surface area contributed by atoms with E-state index < -0.39 is 0 Å². The van der Waals surface area contributed by atoms with Crippen LogP contribution in [0.1, 0.15) is 44.3 Å². The Morgan fingerprint density at radius 2 is 2.19 bits per heavy atom. The van der Waals surface area contributed by atoms with Crippen LogP contribution in [-0.4, -0.2) is 67.4 Å². The number of carbonyl (C=O) groups is 2. The molecule has 1 fully saturated rings. The van der Waals surface area contributed by atoms with E-state index in [1.54, 1.807) is 13.1 Å². The van der Waals surface area contributed by atoms with E-state index in [4.69, 9.17) is 0 Å². The number of benzene rings is 1. The van der Waals surface area contributed by atoms with Crippen LogP contribution >= 0.6 is 11.5 Å². The SMILES string of the molecule is Cc1nnsc1C(=O)NCc1cccc(-c2cnc([As])c(C(=O)N[C@H]3CCCNC3)n2)c1. The molecule has 1 aromatic carbocycles. The summed E-state index contributed by atoms with van der Waals surface area (Å²) in [6.45, 7) is 3.85. The molecule has 3 aromatic rings. The van der Waals surface area contributed by atoms with E-state index in [2.05, 4.69) is 52.4 Å². The van der Waals surface area contributed by atoms with Gasteiger partial charge in [-0.3, -0.25) is 0 Å². The van der Waals surface area contributed by atoms with Crippen molar-refractivity contribution in [1.29, 1.82) is 0 Å². The van der Waals surface area contributed by atoms with Crippen LogP contribution in [0.4, 0.5) is 0 Å². The van der Waals surface area contributed by atoms with Crippen molar-refractivity contribution in [2.75, 3.05) is 13.1 Å². The molecule has 2 radical (unpaired) electrons. The summed E-state index contributed by atoms with van der Waals surface area (Å²) in [5.41, 5.74) is 3.25. The summed E-state index contributed by atoms with van der Waals surface area (Å²) in [5.74, 6) is -0.424. The Kier molecular flexibility index (Phi) is 7.24. The number of carbonyl (C=O) groups excluding carboxylic acids is 2. The molecule has 3 heterocycles. The van der Waals surface area contributed by atoms with E-state index >= 15 is 0 Å². The fourth-order valence-corrected chi connectivity index (χ4v) is 4.46. The topological polar surface area (TPSA) is 122 Å². The Balaban J connectivity index is 1.47. The Morgan fingerprint density at radius 1 is 1.31 bits per heavy atom. The average molecular weight is 511 g/mol. The van der Waals surface area contributed by atoms with Crippen LogP contribution in [0.3, 0.4) is 0 Å². The number of aromatic nitrogens is 4. The molecule has 1 saturated heterocycles.